The van der Waals surface area contributed by atoms with E-state index >= 15 is 13.2 Å². The number of para-hydroxylation sites is 2. The molecule has 0 spiro atoms. The van der Waals surface area contributed by atoms with Crippen molar-refractivity contribution in [1.82, 2.24) is 9.13 Å². The second kappa shape index (κ2) is 10.6. The molecule has 0 aliphatic rings. The van der Waals surface area contributed by atoms with Gasteiger partial charge in [-0.3, -0.25) is 0 Å². The number of aromatic nitrogens is 2. The minimum atomic E-state index is -4.78. The number of fused-ring (bicyclic) bond motifs is 6. The van der Waals surface area contributed by atoms with Crippen LogP contribution in [-0.4, -0.2) is 9.13 Å². The molecule has 7 heteroatoms. The van der Waals surface area contributed by atoms with Gasteiger partial charge in [0, 0.05) is 21.5 Å². The van der Waals surface area contributed by atoms with E-state index in [0.717, 1.165) is 32.7 Å². The maximum absolute atomic E-state index is 15.9. The zero-order valence-corrected chi connectivity index (χ0v) is 25.9. The van der Waals surface area contributed by atoms with Crippen LogP contribution in [0.25, 0.3) is 66.1 Å². The number of nitrogens with zero attached hydrogens (tertiary/aromatic N) is 4. The summed E-state index contributed by atoms with van der Waals surface area (Å²) < 4.78 is 51.1. The monoisotopic (exact) mass is 630 g/mol. The van der Waals surface area contributed by atoms with Crippen LogP contribution in [0.2, 0.25) is 0 Å². The Morgan fingerprint density at radius 3 is 1.35 bits per heavy atom. The van der Waals surface area contributed by atoms with Gasteiger partial charge in [-0.2, -0.15) is 23.7 Å². The van der Waals surface area contributed by atoms with E-state index in [2.05, 4.69) is 12.1 Å². The van der Waals surface area contributed by atoms with Crippen molar-refractivity contribution in [2.24, 2.45) is 0 Å². The Morgan fingerprint density at radius 2 is 0.917 bits per heavy atom. The fraction of sp³-hybridized carbons (Fsp3) is 0.0732. The van der Waals surface area contributed by atoms with E-state index in [4.69, 9.17) is 0 Å². The average Bonchev–Trinajstić information content (AvgIpc) is 3.58. The van der Waals surface area contributed by atoms with Crippen molar-refractivity contribution in [3.8, 4) is 34.6 Å². The number of nitriles is 2. The molecule has 0 atom stereocenters. The second-order valence-electron chi connectivity index (χ2n) is 12.2. The first-order valence-electron chi connectivity index (χ1n) is 15.4. The molecule has 2 heterocycles. The van der Waals surface area contributed by atoms with E-state index in [9.17, 15) is 10.5 Å². The third-order valence-corrected chi connectivity index (χ3v) is 9.05. The van der Waals surface area contributed by atoms with E-state index in [-0.39, 0.29) is 22.5 Å². The van der Waals surface area contributed by atoms with Crippen LogP contribution in [0.4, 0.5) is 13.2 Å². The highest BCUT2D eigenvalue weighted by Gasteiger charge is 2.39. The highest BCUT2D eigenvalue weighted by Crippen LogP contribution is 2.46. The summed E-state index contributed by atoms with van der Waals surface area (Å²) in [6, 6.07) is 38.6. The molecule has 8 rings (SSSR count). The number of hydrogen-bond acceptors (Lipinski definition) is 2. The van der Waals surface area contributed by atoms with E-state index in [1.807, 2.05) is 98.8 Å². The maximum Gasteiger partial charge on any atom is 0.420 e. The molecular weight excluding hydrogens is 605 g/mol. The van der Waals surface area contributed by atoms with Gasteiger partial charge < -0.3 is 9.13 Å². The van der Waals surface area contributed by atoms with Crippen LogP contribution >= 0.6 is 0 Å². The predicted molar refractivity (Wildman–Crippen MR) is 184 cm³/mol. The maximum atomic E-state index is 15.9. The number of rotatable bonds is 3. The fourth-order valence-corrected chi connectivity index (χ4v) is 7.03. The molecule has 6 aromatic carbocycles. The summed E-state index contributed by atoms with van der Waals surface area (Å²) in [5.74, 6) is 0. The van der Waals surface area contributed by atoms with Crippen molar-refractivity contribution in [2.45, 2.75) is 20.0 Å². The molecule has 8 aromatic rings. The van der Waals surface area contributed by atoms with Crippen LogP contribution in [0.15, 0.2) is 115 Å². The molecule has 230 valence electrons. The lowest BCUT2D eigenvalue weighted by molar-refractivity contribution is -0.137. The minimum absolute atomic E-state index is 0.0498. The standard InChI is InChI=1S/C41H25F3N4/c1-24-11-13-32-30-7-3-5-9-34(30)47(36(32)15-24)38-20-29(28-18-26(22-45)17-27(19-28)23-46)21-39(40(38)41(42,43)44)48-35-10-6-4-8-31(35)33-14-12-25(2)16-37(33)48/h3-21H,1-2H3. The third-order valence-electron chi connectivity index (χ3n) is 9.05. The third kappa shape index (κ3) is 4.44. The van der Waals surface area contributed by atoms with Gasteiger partial charge in [-0.15, -0.1) is 0 Å². The summed E-state index contributed by atoms with van der Waals surface area (Å²) in [6.45, 7) is 3.84. The summed E-state index contributed by atoms with van der Waals surface area (Å²) in [4.78, 5) is 0. The Balaban J connectivity index is 1.62. The molecule has 0 unspecified atom stereocenters. The molecular formula is C41H25F3N4. The molecule has 0 amide bonds. The van der Waals surface area contributed by atoms with Crippen molar-refractivity contribution in [3.63, 3.8) is 0 Å². The molecule has 0 saturated carbocycles. The summed E-state index contributed by atoms with van der Waals surface area (Å²) in [6.07, 6.45) is -4.78. The number of halogens is 3. The first kappa shape index (κ1) is 29.1. The predicted octanol–water partition coefficient (Wildman–Crippen LogP) is 10.9. The minimum Gasteiger partial charge on any atom is -0.309 e. The molecule has 2 aromatic heterocycles. The highest BCUT2D eigenvalue weighted by atomic mass is 19.4. The van der Waals surface area contributed by atoms with Crippen molar-refractivity contribution in [3.05, 3.63) is 143 Å². The molecule has 4 nitrogen and oxygen atoms in total. The topological polar surface area (TPSA) is 57.4 Å². The summed E-state index contributed by atoms with van der Waals surface area (Å²) in [7, 11) is 0. The molecule has 48 heavy (non-hydrogen) atoms. The van der Waals surface area contributed by atoms with Gasteiger partial charge in [-0.05, 0) is 90.7 Å². The van der Waals surface area contributed by atoms with Crippen molar-refractivity contribution in [1.29, 1.82) is 10.5 Å². The van der Waals surface area contributed by atoms with Crippen LogP contribution in [0.3, 0.4) is 0 Å². The zero-order valence-electron chi connectivity index (χ0n) is 25.9. The van der Waals surface area contributed by atoms with E-state index < -0.39 is 11.7 Å². The molecule has 0 aliphatic heterocycles. The molecule has 0 bridgehead atoms. The lowest BCUT2D eigenvalue weighted by atomic mass is 9.96. The van der Waals surface area contributed by atoms with Gasteiger partial charge in [0.05, 0.1) is 56.7 Å². The molecule has 0 aliphatic carbocycles. The van der Waals surface area contributed by atoms with Crippen LogP contribution in [0.1, 0.15) is 27.8 Å². The summed E-state index contributed by atoms with van der Waals surface area (Å²) in [5, 5.41) is 22.9. The first-order valence-corrected chi connectivity index (χ1v) is 15.4. The van der Waals surface area contributed by atoms with E-state index in [0.29, 0.717) is 33.2 Å². The molecule has 0 N–H and O–H groups in total. The van der Waals surface area contributed by atoms with Crippen molar-refractivity contribution < 1.29 is 13.2 Å². The number of benzene rings is 6. The Labute approximate surface area is 273 Å². The van der Waals surface area contributed by atoms with Crippen molar-refractivity contribution in [2.75, 3.05) is 0 Å². The Kier molecular flexibility index (Phi) is 6.44. The lowest BCUT2D eigenvalue weighted by Crippen LogP contribution is -2.16. The smallest absolute Gasteiger partial charge is 0.309 e. The van der Waals surface area contributed by atoms with Crippen molar-refractivity contribution >= 4 is 43.6 Å². The van der Waals surface area contributed by atoms with E-state index in [1.54, 1.807) is 21.3 Å². The van der Waals surface area contributed by atoms with E-state index in [1.165, 1.54) is 18.2 Å². The molecule has 0 fully saturated rings. The Morgan fingerprint density at radius 1 is 0.500 bits per heavy atom. The number of alkyl halides is 3. The van der Waals surface area contributed by atoms with Crippen LogP contribution < -0.4 is 0 Å². The normalized spacial score (nSPS) is 11.8. The number of hydrogen-bond donors (Lipinski definition) is 0. The van der Waals surface area contributed by atoms with Crippen LogP contribution in [-0.2, 0) is 6.18 Å². The largest absolute Gasteiger partial charge is 0.420 e. The van der Waals surface area contributed by atoms with Gasteiger partial charge >= 0.3 is 6.18 Å². The Bertz CT molecular complexity index is 2540. The van der Waals surface area contributed by atoms with Gasteiger partial charge in [0.2, 0.25) is 0 Å². The van der Waals surface area contributed by atoms with Gasteiger partial charge in [0.1, 0.15) is 5.56 Å². The highest BCUT2D eigenvalue weighted by molar-refractivity contribution is 6.11. The summed E-state index contributed by atoms with van der Waals surface area (Å²) in [5.41, 5.74) is 4.88. The molecule has 0 radical (unpaired) electrons. The second-order valence-corrected chi connectivity index (χ2v) is 12.2. The van der Waals surface area contributed by atoms with Gasteiger partial charge in [0.15, 0.2) is 0 Å². The summed E-state index contributed by atoms with van der Waals surface area (Å²) >= 11 is 0. The fourth-order valence-electron chi connectivity index (χ4n) is 7.03. The van der Waals surface area contributed by atoms with Gasteiger partial charge in [-0.25, -0.2) is 0 Å². The molecule has 0 saturated heterocycles. The first-order chi connectivity index (χ1) is 23.2. The zero-order chi connectivity index (χ0) is 33.3. The Hall–Kier alpha value is -6.31. The average molecular weight is 631 g/mol. The van der Waals surface area contributed by atoms with Crippen LogP contribution in [0.5, 0.6) is 0 Å². The van der Waals surface area contributed by atoms with Gasteiger partial charge in [-0.1, -0.05) is 60.7 Å². The van der Waals surface area contributed by atoms with Gasteiger partial charge in [0.25, 0.3) is 0 Å². The SMILES string of the molecule is Cc1ccc2c3ccccc3n(-c3cc(-c4cc(C#N)cc(C#N)c4)cc(-n4c5ccccc5c5ccc(C)cc54)c3C(F)(F)F)c2c1. The number of aryl methyl sites for hydroxylation is 2. The quantitative estimate of drug-likeness (QED) is 0.195. The lowest BCUT2D eigenvalue weighted by Gasteiger charge is -2.23. The van der Waals surface area contributed by atoms with Crippen LogP contribution in [0, 0.1) is 36.5 Å².